The number of halogens is 1. The van der Waals surface area contributed by atoms with Gasteiger partial charge in [-0.25, -0.2) is 0 Å². The molecule has 0 saturated carbocycles. The van der Waals surface area contributed by atoms with Crippen molar-refractivity contribution >= 4 is 109 Å². The molecule has 252 valence electrons. The molecule has 5 heteroatoms. The van der Waals surface area contributed by atoms with Gasteiger partial charge in [-0.15, -0.1) is 22.7 Å². The Morgan fingerprint density at radius 1 is 0.340 bits per heavy atom. The Balaban J connectivity index is 1.11. The monoisotopic (exact) mass is 734 g/mol. The molecule has 0 amide bonds. The second-order valence-electron chi connectivity index (χ2n) is 13.1. The fraction of sp³-hybridized carbons (Fsp3) is 0. The van der Waals surface area contributed by atoms with Crippen molar-refractivity contribution < 1.29 is 0 Å². The van der Waals surface area contributed by atoms with E-state index in [4.69, 9.17) is 11.6 Å². The smallest absolute Gasteiger partial charge is 0.0476 e. The van der Waals surface area contributed by atoms with E-state index in [1.54, 1.807) is 11.3 Å². The summed E-state index contributed by atoms with van der Waals surface area (Å²) in [7, 11) is 0. The fourth-order valence-corrected chi connectivity index (χ4v) is 10.1. The van der Waals surface area contributed by atoms with Gasteiger partial charge in [-0.2, -0.15) is 0 Å². The Morgan fingerprint density at radius 3 is 1.51 bits per heavy atom. The number of nitrogens with zero attached hydrogens (tertiary/aromatic N) is 2. The molecule has 0 aliphatic rings. The highest BCUT2D eigenvalue weighted by atomic mass is 35.5. The van der Waals surface area contributed by atoms with Crippen molar-refractivity contribution in [2.24, 2.45) is 0 Å². The van der Waals surface area contributed by atoms with Gasteiger partial charge in [0.2, 0.25) is 0 Å². The highest BCUT2D eigenvalue weighted by Gasteiger charge is 2.19. The van der Waals surface area contributed by atoms with E-state index < -0.39 is 0 Å². The van der Waals surface area contributed by atoms with E-state index in [0.717, 1.165) is 50.3 Å². The van der Waals surface area contributed by atoms with Crippen LogP contribution in [-0.4, -0.2) is 0 Å². The van der Waals surface area contributed by atoms with Gasteiger partial charge >= 0.3 is 0 Å². The zero-order chi connectivity index (χ0) is 35.3. The maximum Gasteiger partial charge on any atom is 0.0476 e. The summed E-state index contributed by atoms with van der Waals surface area (Å²) < 4.78 is 5.00. The number of rotatable bonds is 7. The van der Waals surface area contributed by atoms with Crippen LogP contribution in [0.25, 0.3) is 51.5 Å². The van der Waals surface area contributed by atoms with Gasteiger partial charge in [0.15, 0.2) is 0 Å². The van der Waals surface area contributed by atoms with Crippen molar-refractivity contribution in [2.45, 2.75) is 0 Å². The predicted octanol–water partition coefficient (Wildman–Crippen LogP) is 15.7. The first-order chi connectivity index (χ1) is 26.2. The molecule has 0 saturated heterocycles. The van der Waals surface area contributed by atoms with Crippen LogP contribution >= 0.6 is 34.3 Å². The van der Waals surface area contributed by atoms with Crippen molar-refractivity contribution in [2.75, 3.05) is 9.80 Å². The van der Waals surface area contributed by atoms with Gasteiger partial charge in [-0.1, -0.05) is 103 Å². The molecule has 10 rings (SSSR count). The summed E-state index contributed by atoms with van der Waals surface area (Å²) in [6.07, 6.45) is 0. The van der Waals surface area contributed by atoms with Crippen molar-refractivity contribution in [3.8, 4) is 11.1 Å². The van der Waals surface area contributed by atoms with Crippen molar-refractivity contribution in [1.82, 2.24) is 0 Å². The van der Waals surface area contributed by atoms with Gasteiger partial charge in [0, 0.05) is 79.5 Å². The fourth-order valence-electron chi connectivity index (χ4n) is 7.50. The SMILES string of the molecule is Clc1cc(-c2ccc(N(c3ccccc3)c3ccccc3)cc2)c2c(c1)sc1ccc(N(c3ccccc3)c3ccc4c(c3)sc3ccccc34)cc12. The van der Waals surface area contributed by atoms with Crippen molar-refractivity contribution in [3.63, 3.8) is 0 Å². The molecule has 0 fully saturated rings. The van der Waals surface area contributed by atoms with Crippen LogP contribution < -0.4 is 9.80 Å². The molecule has 2 nitrogen and oxygen atoms in total. The highest BCUT2D eigenvalue weighted by molar-refractivity contribution is 7.26. The third-order valence-corrected chi connectivity index (χ3v) is 12.3. The Labute approximate surface area is 321 Å². The molecule has 2 heterocycles. The lowest BCUT2D eigenvalue weighted by Crippen LogP contribution is -2.09. The number of hydrogen-bond donors (Lipinski definition) is 0. The maximum absolute atomic E-state index is 6.85. The third-order valence-electron chi connectivity index (χ3n) is 9.88. The summed E-state index contributed by atoms with van der Waals surface area (Å²) in [5, 5.41) is 5.78. The molecule has 0 aliphatic heterocycles. The molecule has 8 aromatic carbocycles. The largest absolute Gasteiger partial charge is 0.311 e. The molecule has 0 radical (unpaired) electrons. The predicted molar refractivity (Wildman–Crippen MR) is 232 cm³/mol. The van der Waals surface area contributed by atoms with Crippen LogP contribution in [0.5, 0.6) is 0 Å². The maximum atomic E-state index is 6.85. The Hall–Kier alpha value is -5.91. The first-order valence-corrected chi connectivity index (χ1v) is 19.6. The first kappa shape index (κ1) is 31.8. The van der Waals surface area contributed by atoms with E-state index in [1.807, 2.05) is 11.3 Å². The van der Waals surface area contributed by atoms with Gasteiger partial charge in [0.05, 0.1) is 0 Å². The summed E-state index contributed by atoms with van der Waals surface area (Å²) in [6.45, 7) is 0. The molecule has 0 atom stereocenters. The third kappa shape index (κ3) is 5.73. The van der Waals surface area contributed by atoms with Crippen LogP contribution in [0.2, 0.25) is 5.02 Å². The Kier molecular flexibility index (Phi) is 7.95. The van der Waals surface area contributed by atoms with E-state index >= 15 is 0 Å². The molecule has 0 unspecified atom stereocenters. The second-order valence-corrected chi connectivity index (χ2v) is 15.7. The Morgan fingerprint density at radius 2 is 0.830 bits per heavy atom. The lowest BCUT2D eigenvalue weighted by Gasteiger charge is -2.26. The number of benzene rings is 8. The average Bonchev–Trinajstić information content (AvgIpc) is 3.77. The Bertz CT molecular complexity index is 2860. The van der Waals surface area contributed by atoms with Crippen LogP contribution in [0.4, 0.5) is 34.1 Å². The summed E-state index contributed by atoms with van der Waals surface area (Å²) in [4.78, 5) is 4.66. The summed E-state index contributed by atoms with van der Waals surface area (Å²) in [6, 6.07) is 67.2. The number of hydrogen-bond acceptors (Lipinski definition) is 4. The molecule has 0 N–H and O–H groups in total. The molecule has 53 heavy (non-hydrogen) atoms. The van der Waals surface area contributed by atoms with Crippen LogP contribution in [0, 0.1) is 0 Å². The minimum Gasteiger partial charge on any atom is -0.311 e. The van der Waals surface area contributed by atoms with E-state index in [9.17, 15) is 0 Å². The standard InChI is InChI=1S/C48H31ClN2S2/c49-33-28-42(32-20-22-37(23-21-32)50(34-12-4-1-5-13-34)35-14-6-2-7-15-35)48-43-30-38(25-27-45(43)53-47(48)29-33)51(36-16-8-3-9-17-36)39-24-26-41-40-18-10-11-19-44(40)52-46(41)31-39/h1-31H. The summed E-state index contributed by atoms with van der Waals surface area (Å²) in [5.41, 5.74) is 8.94. The molecule has 0 bridgehead atoms. The molecule has 0 spiro atoms. The molecule has 10 aromatic rings. The van der Waals surface area contributed by atoms with Gasteiger partial charge in [-0.05, 0) is 108 Å². The van der Waals surface area contributed by atoms with Gasteiger partial charge in [0.25, 0.3) is 0 Å². The number of fused-ring (bicyclic) bond motifs is 6. The van der Waals surface area contributed by atoms with Crippen LogP contribution in [0.1, 0.15) is 0 Å². The topological polar surface area (TPSA) is 6.48 Å². The first-order valence-electron chi connectivity index (χ1n) is 17.6. The number of para-hydroxylation sites is 3. The van der Waals surface area contributed by atoms with Crippen LogP contribution in [0.3, 0.4) is 0 Å². The van der Waals surface area contributed by atoms with E-state index in [-0.39, 0.29) is 0 Å². The highest BCUT2D eigenvalue weighted by Crippen LogP contribution is 2.46. The quantitative estimate of drug-likeness (QED) is 0.161. The number of anilines is 6. The average molecular weight is 735 g/mol. The zero-order valence-corrected chi connectivity index (χ0v) is 30.9. The lowest BCUT2D eigenvalue weighted by molar-refractivity contribution is 1.28. The van der Waals surface area contributed by atoms with E-state index in [1.165, 1.54) is 40.3 Å². The summed E-state index contributed by atoms with van der Waals surface area (Å²) >= 11 is 10.5. The normalized spacial score (nSPS) is 11.5. The zero-order valence-electron chi connectivity index (χ0n) is 28.5. The molecule has 0 aliphatic carbocycles. The molecular formula is C48H31ClN2S2. The lowest BCUT2D eigenvalue weighted by atomic mass is 9.98. The minimum atomic E-state index is 0.737. The van der Waals surface area contributed by atoms with E-state index in [0.29, 0.717) is 0 Å². The molecule has 2 aromatic heterocycles. The van der Waals surface area contributed by atoms with Crippen molar-refractivity contribution in [1.29, 1.82) is 0 Å². The summed E-state index contributed by atoms with van der Waals surface area (Å²) in [5.74, 6) is 0. The minimum absolute atomic E-state index is 0.737. The second kappa shape index (κ2) is 13.3. The number of thiophene rings is 2. The van der Waals surface area contributed by atoms with Gasteiger partial charge < -0.3 is 9.80 Å². The van der Waals surface area contributed by atoms with Gasteiger partial charge in [-0.3, -0.25) is 0 Å². The van der Waals surface area contributed by atoms with Gasteiger partial charge in [0.1, 0.15) is 0 Å². The van der Waals surface area contributed by atoms with Crippen LogP contribution in [0.15, 0.2) is 188 Å². The van der Waals surface area contributed by atoms with E-state index in [2.05, 4.69) is 198 Å². The van der Waals surface area contributed by atoms with Crippen molar-refractivity contribution in [3.05, 3.63) is 193 Å². The van der Waals surface area contributed by atoms with Crippen LogP contribution in [-0.2, 0) is 0 Å². The molecular weight excluding hydrogens is 704 g/mol.